The number of hydrogen-bond donors (Lipinski definition) is 2. The molecule has 1 aliphatic rings. The van der Waals surface area contributed by atoms with Gasteiger partial charge in [-0.3, -0.25) is 9.78 Å². The largest absolute Gasteiger partial charge is 0.465 e. The molecule has 0 spiro atoms. The second-order valence-corrected chi connectivity index (χ2v) is 6.11. The first kappa shape index (κ1) is 19.7. The molecule has 4 rings (SSSR count). The number of rotatable bonds is 1. The van der Waals surface area contributed by atoms with Gasteiger partial charge < -0.3 is 19.8 Å². The number of methoxy groups -OCH3 is 1. The predicted molar refractivity (Wildman–Crippen MR) is 105 cm³/mol. The summed E-state index contributed by atoms with van der Waals surface area (Å²) in [4.78, 5) is 34.6. The summed E-state index contributed by atoms with van der Waals surface area (Å²) in [6, 6.07) is 7.55. The Kier molecular flexibility index (Phi) is 6.46. The lowest BCUT2D eigenvalue weighted by molar-refractivity contribution is -0.116. The fourth-order valence-electron chi connectivity index (χ4n) is 2.96. The number of esters is 1. The number of aromatic nitrogens is 2. The van der Waals surface area contributed by atoms with Crippen LogP contribution in [0.25, 0.3) is 21.8 Å². The molecule has 1 aromatic carbocycles. The topological polar surface area (TPSA) is 106 Å². The number of benzene rings is 1. The Balaban J connectivity index is 0.000000320. The number of carbonyl (C=O) groups excluding carboxylic acids is 2. The molecule has 1 aliphatic heterocycles. The Labute approximate surface area is 161 Å². The maximum atomic E-state index is 12.0. The molecule has 0 unspecified atom stereocenters. The van der Waals surface area contributed by atoms with Crippen LogP contribution in [0.1, 0.15) is 17.3 Å². The summed E-state index contributed by atoms with van der Waals surface area (Å²) in [7, 11) is 1.31. The summed E-state index contributed by atoms with van der Waals surface area (Å²) in [5.41, 5.74) is 1.68. The molecular formula is C20H22N4O4. The standard InChI is InChI=1S/C16H13N3O3.C4H9NO/c1-9(20)18-13-8-17-7-11(16(21)22-2)15-14(13)10-5-3-4-6-12(10)19-15;1-3-6-4-2-5-1/h3-8,19H,1-2H3;5H,1-4H2. The van der Waals surface area contributed by atoms with Crippen molar-refractivity contribution in [2.24, 2.45) is 4.99 Å². The smallest absolute Gasteiger partial charge is 0.341 e. The van der Waals surface area contributed by atoms with Crippen LogP contribution >= 0.6 is 0 Å². The minimum Gasteiger partial charge on any atom is -0.465 e. The summed E-state index contributed by atoms with van der Waals surface area (Å²) >= 11 is 0. The first-order chi connectivity index (χ1) is 13.6. The monoisotopic (exact) mass is 382 g/mol. The van der Waals surface area contributed by atoms with Gasteiger partial charge in [0.1, 0.15) is 5.56 Å². The molecule has 1 amide bonds. The molecule has 146 valence electrons. The van der Waals surface area contributed by atoms with Crippen LogP contribution in [0.2, 0.25) is 0 Å². The van der Waals surface area contributed by atoms with Gasteiger partial charge in [-0.25, -0.2) is 9.79 Å². The summed E-state index contributed by atoms with van der Waals surface area (Å²) < 4.78 is 9.81. The van der Waals surface area contributed by atoms with Crippen LogP contribution < -0.4 is 10.7 Å². The van der Waals surface area contributed by atoms with E-state index in [2.05, 4.69) is 20.3 Å². The van der Waals surface area contributed by atoms with Gasteiger partial charge in [0.25, 0.3) is 0 Å². The van der Waals surface area contributed by atoms with Gasteiger partial charge in [0.05, 0.1) is 37.4 Å². The van der Waals surface area contributed by atoms with Gasteiger partial charge in [0.2, 0.25) is 5.91 Å². The number of H-pyrrole nitrogens is 1. The molecule has 1 fully saturated rings. The van der Waals surface area contributed by atoms with Crippen LogP contribution in [-0.2, 0) is 14.3 Å². The van der Waals surface area contributed by atoms with Gasteiger partial charge in [-0.2, -0.15) is 0 Å². The van der Waals surface area contributed by atoms with Crippen molar-refractivity contribution < 1.29 is 19.1 Å². The lowest BCUT2D eigenvalue weighted by Gasteiger charge is -2.10. The van der Waals surface area contributed by atoms with Crippen LogP contribution in [-0.4, -0.2) is 55.3 Å². The highest BCUT2D eigenvalue weighted by atomic mass is 16.5. The van der Waals surface area contributed by atoms with E-state index in [1.165, 1.54) is 26.4 Å². The minimum absolute atomic E-state index is 0.290. The highest BCUT2D eigenvalue weighted by Gasteiger charge is 2.15. The van der Waals surface area contributed by atoms with E-state index in [9.17, 15) is 9.59 Å². The summed E-state index contributed by atoms with van der Waals surface area (Å²) in [6.45, 7) is 5.20. The van der Waals surface area contributed by atoms with Crippen molar-refractivity contribution in [1.29, 1.82) is 0 Å². The molecule has 3 aromatic rings. The van der Waals surface area contributed by atoms with E-state index in [-0.39, 0.29) is 5.91 Å². The number of para-hydroxylation sites is 1. The van der Waals surface area contributed by atoms with Crippen molar-refractivity contribution in [1.82, 2.24) is 15.3 Å². The van der Waals surface area contributed by atoms with Gasteiger partial charge in [-0.1, -0.05) is 18.2 Å². The molecule has 1 saturated heterocycles. The summed E-state index contributed by atoms with van der Waals surface area (Å²) in [5.74, 6) is -0.840. The van der Waals surface area contributed by atoms with Crippen molar-refractivity contribution >= 4 is 33.7 Å². The fraction of sp³-hybridized carbons (Fsp3) is 0.300. The third kappa shape index (κ3) is 4.41. The van der Waals surface area contributed by atoms with Crippen LogP contribution in [0.3, 0.4) is 0 Å². The van der Waals surface area contributed by atoms with Gasteiger partial charge in [0, 0.05) is 42.5 Å². The number of morpholine rings is 1. The number of amides is 1. The molecule has 0 atom stereocenters. The second kappa shape index (κ2) is 9.20. The molecule has 0 aliphatic carbocycles. The lowest BCUT2D eigenvalue weighted by atomic mass is 10.1. The zero-order chi connectivity index (χ0) is 19.9. The quantitative estimate of drug-likeness (QED) is 0.619. The molecule has 0 radical (unpaired) electrons. The molecule has 2 N–H and O–H groups in total. The molecule has 2 aromatic heterocycles. The average molecular weight is 382 g/mol. The zero-order valence-corrected chi connectivity index (χ0v) is 15.8. The number of aromatic amines is 1. The summed E-state index contributed by atoms with van der Waals surface area (Å²) in [6.07, 6.45) is 2.87. The Morgan fingerprint density at radius 3 is 2.54 bits per heavy atom. The minimum atomic E-state index is -0.506. The molecule has 0 saturated carbocycles. The SMILES string of the molecule is C1COCCN1.COC(=O)c1cncc(=NC(C)=O)c2c1[nH]c1ccccc12. The van der Waals surface area contributed by atoms with E-state index in [4.69, 9.17) is 9.47 Å². The van der Waals surface area contributed by atoms with Crippen LogP contribution in [0.15, 0.2) is 41.7 Å². The number of ether oxygens (including phenoxy) is 2. The Morgan fingerprint density at radius 2 is 1.93 bits per heavy atom. The van der Waals surface area contributed by atoms with E-state index in [1.807, 2.05) is 24.3 Å². The van der Waals surface area contributed by atoms with Crippen LogP contribution in [0.5, 0.6) is 0 Å². The second-order valence-electron chi connectivity index (χ2n) is 6.11. The van der Waals surface area contributed by atoms with E-state index >= 15 is 0 Å². The first-order valence-corrected chi connectivity index (χ1v) is 8.92. The van der Waals surface area contributed by atoms with Crippen molar-refractivity contribution in [2.75, 3.05) is 33.4 Å². The van der Waals surface area contributed by atoms with Crippen LogP contribution in [0.4, 0.5) is 0 Å². The zero-order valence-electron chi connectivity index (χ0n) is 15.8. The maximum absolute atomic E-state index is 12.0. The number of nitrogens with zero attached hydrogens (tertiary/aromatic N) is 2. The number of nitrogens with one attached hydrogen (secondary N) is 2. The lowest BCUT2D eigenvalue weighted by Crippen LogP contribution is -2.30. The van der Waals surface area contributed by atoms with Gasteiger partial charge in [-0.05, 0) is 6.07 Å². The highest BCUT2D eigenvalue weighted by Crippen LogP contribution is 2.24. The number of fused-ring (bicyclic) bond motifs is 3. The predicted octanol–water partition coefficient (Wildman–Crippen LogP) is 1.56. The molecule has 8 heteroatoms. The third-order valence-electron chi connectivity index (χ3n) is 4.16. The fourth-order valence-corrected chi connectivity index (χ4v) is 2.96. The highest BCUT2D eigenvalue weighted by molar-refractivity contribution is 6.13. The van der Waals surface area contributed by atoms with Crippen molar-refractivity contribution in [3.8, 4) is 0 Å². The van der Waals surface area contributed by atoms with Crippen LogP contribution in [0, 0.1) is 0 Å². The third-order valence-corrected chi connectivity index (χ3v) is 4.16. The van der Waals surface area contributed by atoms with Crippen molar-refractivity contribution in [3.05, 3.63) is 47.6 Å². The summed E-state index contributed by atoms with van der Waals surface area (Å²) in [5, 5.41) is 5.10. The Bertz CT molecular complexity index is 1060. The maximum Gasteiger partial charge on any atom is 0.341 e. The molecule has 3 heterocycles. The van der Waals surface area contributed by atoms with E-state index in [0.717, 1.165) is 37.2 Å². The Hall–Kier alpha value is -3.10. The molecule has 28 heavy (non-hydrogen) atoms. The Morgan fingerprint density at radius 1 is 1.18 bits per heavy atom. The normalized spacial score (nSPS) is 14.4. The molecule has 8 nitrogen and oxygen atoms in total. The average Bonchev–Trinajstić information content (AvgIpc) is 3.01. The van der Waals surface area contributed by atoms with Gasteiger partial charge in [0.15, 0.2) is 0 Å². The van der Waals surface area contributed by atoms with Gasteiger partial charge in [-0.15, -0.1) is 0 Å². The van der Waals surface area contributed by atoms with Gasteiger partial charge >= 0.3 is 5.97 Å². The van der Waals surface area contributed by atoms with E-state index in [1.54, 1.807) is 0 Å². The van der Waals surface area contributed by atoms with Crippen molar-refractivity contribution in [2.45, 2.75) is 6.92 Å². The molecular weight excluding hydrogens is 360 g/mol. The molecule has 0 bridgehead atoms. The number of hydrogen-bond acceptors (Lipinski definition) is 6. The van der Waals surface area contributed by atoms with E-state index in [0.29, 0.717) is 21.8 Å². The van der Waals surface area contributed by atoms with E-state index < -0.39 is 5.97 Å². The number of carbonyl (C=O) groups is 2. The first-order valence-electron chi connectivity index (χ1n) is 8.92. The van der Waals surface area contributed by atoms with Crippen molar-refractivity contribution in [3.63, 3.8) is 0 Å².